The molecule has 1 aromatic rings. The van der Waals surface area contributed by atoms with E-state index in [9.17, 15) is 0 Å². The maximum absolute atomic E-state index is 5.83. The lowest BCUT2D eigenvalue weighted by molar-refractivity contribution is 0.416. The first-order valence-corrected chi connectivity index (χ1v) is 4.87. The van der Waals surface area contributed by atoms with Crippen LogP contribution in [-0.4, -0.2) is 44.1 Å². The average molecular weight is 209 g/mol. The van der Waals surface area contributed by atoms with Gasteiger partial charge in [0.25, 0.3) is 0 Å². The molecule has 0 aliphatic heterocycles. The molecule has 0 saturated carbocycles. The number of hydrogen-bond acceptors (Lipinski definition) is 5. The van der Waals surface area contributed by atoms with Crippen LogP contribution < -0.4 is 16.4 Å². The summed E-state index contributed by atoms with van der Waals surface area (Å²) >= 11 is 0. The molecule has 1 aromatic heterocycles. The molecule has 0 aliphatic carbocycles. The summed E-state index contributed by atoms with van der Waals surface area (Å²) in [4.78, 5) is 8.35. The Kier molecular flexibility index (Phi) is 3.74. The predicted octanol–water partition coefficient (Wildman–Crippen LogP) is 0.244. The number of likely N-dealkylation sites (N-methyl/N-ethyl adjacent to an activating group) is 2. The molecule has 4 N–H and O–H groups in total. The van der Waals surface area contributed by atoms with E-state index in [-0.39, 0.29) is 0 Å². The second-order valence-corrected chi connectivity index (χ2v) is 3.91. The lowest BCUT2D eigenvalue weighted by atomic mass is 10.3. The largest absolute Gasteiger partial charge is 0.397 e. The van der Waals surface area contributed by atoms with Gasteiger partial charge in [0.1, 0.15) is 0 Å². The van der Waals surface area contributed by atoms with E-state index in [0.717, 1.165) is 18.9 Å². The highest BCUT2D eigenvalue weighted by Gasteiger charge is 2.07. The minimum absolute atomic E-state index is 0.595. The zero-order valence-electron chi connectivity index (χ0n) is 9.57. The maximum Gasteiger partial charge on any atom is 0.151 e. The van der Waals surface area contributed by atoms with Crippen LogP contribution in [0.3, 0.4) is 0 Å². The molecule has 1 rings (SSSR count). The van der Waals surface area contributed by atoms with Crippen molar-refractivity contribution in [1.29, 1.82) is 0 Å². The van der Waals surface area contributed by atoms with Crippen molar-refractivity contribution in [2.75, 3.05) is 50.6 Å². The van der Waals surface area contributed by atoms with Crippen LogP contribution in [0.5, 0.6) is 0 Å². The van der Waals surface area contributed by atoms with Gasteiger partial charge in [0.15, 0.2) is 5.82 Å². The molecule has 84 valence electrons. The zero-order chi connectivity index (χ0) is 11.4. The molecule has 0 bridgehead atoms. The molecular weight excluding hydrogens is 190 g/mol. The monoisotopic (exact) mass is 209 g/mol. The highest BCUT2D eigenvalue weighted by atomic mass is 15.2. The Morgan fingerprint density at radius 1 is 1.20 bits per heavy atom. The van der Waals surface area contributed by atoms with E-state index in [1.165, 1.54) is 0 Å². The highest BCUT2D eigenvalue weighted by molar-refractivity contribution is 5.66. The van der Waals surface area contributed by atoms with Crippen LogP contribution in [0.1, 0.15) is 0 Å². The van der Waals surface area contributed by atoms with Crippen molar-refractivity contribution in [2.24, 2.45) is 0 Å². The molecule has 0 amide bonds. The fourth-order valence-corrected chi connectivity index (χ4v) is 1.27. The van der Waals surface area contributed by atoms with Gasteiger partial charge in [-0.15, -0.1) is 0 Å². The molecule has 0 aromatic carbocycles. The van der Waals surface area contributed by atoms with E-state index in [1.807, 2.05) is 26.0 Å². The van der Waals surface area contributed by atoms with Crippen molar-refractivity contribution < 1.29 is 0 Å². The van der Waals surface area contributed by atoms with E-state index >= 15 is 0 Å². The molecule has 0 aliphatic rings. The third kappa shape index (κ3) is 3.28. The lowest BCUT2D eigenvalue weighted by Gasteiger charge is -2.21. The summed E-state index contributed by atoms with van der Waals surface area (Å²) in [6.45, 7) is 1.84. The van der Waals surface area contributed by atoms with Crippen LogP contribution in [0.15, 0.2) is 12.3 Å². The highest BCUT2D eigenvalue weighted by Crippen LogP contribution is 2.20. The Labute approximate surface area is 90.7 Å². The van der Waals surface area contributed by atoms with Gasteiger partial charge < -0.3 is 21.3 Å². The van der Waals surface area contributed by atoms with Gasteiger partial charge in [-0.1, -0.05) is 0 Å². The number of hydrogen-bond donors (Lipinski definition) is 2. The minimum atomic E-state index is 0.595. The van der Waals surface area contributed by atoms with Gasteiger partial charge in [-0.2, -0.15) is 0 Å². The minimum Gasteiger partial charge on any atom is -0.397 e. The Morgan fingerprint density at radius 3 is 2.40 bits per heavy atom. The SMILES string of the molecule is CN(C)CCN(C)c1ncc(N)cc1N. The molecule has 0 saturated heterocycles. The lowest BCUT2D eigenvalue weighted by Crippen LogP contribution is -2.29. The quantitative estimate of drug-likeness (QED) is 0.743. The fourth-order valence-electron chi connectivity index (χ4n) is 1.27. The first-order chi connectivity index (χ1) is 7.00. The number of pyridine rings is 1. The van der Waals surface area contributed by atoms with Gasteiger partial charge in [-0.05, 0) is 20.2 Å². The van der Waals surface area contributed by atoms with E-state index in [0.29, 0.717) is 11.4 Å². The first kappa shape index (κ1) is 11.6. The summed E-state index contributed by atoms with van der Waals surface area (Å²) in [5.41, 5.74) is 12.6. The second-order valence-electron chi connectivity index (χ2n) is 3.91. The van der Waals surface area contributed by atoms with Crippen molar-refractivity contribution in [1.82, 2.24) is 9.88 Å². The summed E-state index contributed by atoms with van der Waals surface area (Å²) in [5.74, 6) is 0.783. The van der Waals surface area contributed by atoms with Crippen LogP contribution in [0.2, 0.25) is 0 Å². The summed E-state index contributed by atoms with van der Waals surface area (Å²) < 4.78 is 0. The van der Waals surface area contributed by atoms with Gasteiger partial charge in [0, 0.05) is 20.1 Å². The van der Waals surface area contributed by atoms with E-state index in [1.54, 1.807) is 12.3 Å². The van der Waals surface area contributed by atoms with Gasteiger partial charge in [-0.3, -0.25) is 0 Å². The van der Waals surface area contributed by atoms with Crippen LogP contribution >= 0.6 is 0 Å². The van der Waals surface area contributed by atoms with Crippen LogP contribution in [-0.2, 0) is 0 Å². The summed E-state index contributed by atoms with van der Waals surface area (Å²) in [6, 6.07) is 1.73. The molecule has 0 unspecified atom stereocenters. The Bertz CT molecular complexity index is 324. The molecule has 5 heteroatoms. The van der Waals surface area contributed by atoms with Crippen LogP contribution in [0, 0.1) is 0 Å². The molecular formula is C10H19N5. The molecule has 1 heterocycles. The molecule has 0 spiro atoms. The van der Waals surface area contributed by atoms with Crippen molar-refractivity contribution in [3.05, 3.63) is 12.3 Å². The number of nitrogens with zero attached hydrogens (tertiary/aromatic N) is 3. The van der Waals surface area contributed by atoms with Gasteiger partial charge in [-0.25, -0.2) is 4.98 Å². The second kappa shape index (κ2) is 4.84. The summed E-state index contributed by atoms with van der Waals surface area (Å²) in [5, 5.41) is 0. The van der Waals surface area contributed by atoms with E-state index in [4.69, 9.17) is 11.5 Å². The Hall–Kier alpha value is -1.49. The number of anilines is 3. The van der Waals surface area contributed by atoms with Gasteiger partial charge in [0.2, 0.25) is 0 Å². The third-order valence-electron chi connectivity index (χ3n) is 2.16. The van der Waals surface area contributed by atoms with Gasteiger partial charge >= 0.3 is 0 Å². The zero-order valence-corrected chi connectivity index (χ0v) is 9.57. The van der Waals surface area contributed by atoms with Crippen molar-refractivity contribution in [2.45, 2.75) is 0 Å². The van der Waals surface area contributed by atoms with Crippen LogP contribution in [0.25, 0.3) is 0 Å². The average Bonchev–Trinajstić information content (AvgIpc) is 2.14. The Morgan fingerprint density at radius 2 is 1.87 bits per heavy atom. The van der Waals surface area contributed by atoms with Crippen molar-refractivity contribution in [3.63, 3.8) is 0 Å². The van der Waals surface area contributed by atoms with Crippen LogP contribution in [0.4, 0.5) is 17.2 Å². The number of rotatable bonds is 4. The van der Waals surface area contributed by atoms with E-state index < -0.39 is 0 Å². The van der Waals surface area contributed by atoms with E-state index in [2.05, 4.69) is 9.88 Å². The van der Waals surface area contributed by atoms with Crippen molar-refractivity contribution >= 4 is 17.2 Å². The molecule has 0 fully saturated rings. The molecule has 5 nitrogen and oxygen atoms in total. The first-order valence-electron chi connectivity index (χ1n) is 4.87. The normalized spacial score (nSPS) is 10.7. The molecule has 0 radical (unpaired) electrons. The summed E-state index contributed by atoms with van der Waals surface area (Å²) in [7, 11) is 6.04. The predicted molar refractivity (Wildman–Crippen MR) is 64.9 cm³/mol. The molecule has 15 heavy (non-hydrogen) atoms. The maximum atomic E-state index is 5.83. The molecule has 0 atom stereocenters. The number of nitrogens with two attached hydrogens (primary N) is 2. The summed E-state index contributed by atoms with van der Waals surface area (Å²) in [6.07, 6.45) is 1.62. The standard InChI is InChI=1S/C10H19N5/c1-14(2)4-5-15(3)10-9(12)6-8(11)7-13-10/h6-7H,4-5,11-12H2,1-3H3. The fraction of sp³-hybridized carbons (Fsp3) is 0.500. The number of aromatic nitrogens is 1. The topological polar surface area (TPSA) is 71.4 Å². The number of nitrogen functional groups attached to an aromatic ring is 2. The smallest absolute Gasteiger partial charge is 0.151 e. The van der Waals surface area contributed by atoms with Crippen molar-refractivity contribution in [3.8, 4) is 0 Å². The van der Waals surface area contributed by atoms with Gasteiger partial charge in [0.05, 0.1) is 17.6 Å². The Balaban J connectivity index is 2.69. The third-order valence-corrected chi connectivity index (χ3v) is 2.16.